The van der Waals surface area contributed by atoms with Crippen LogP contribution in [0.2, 0.25) is 0 Å². The van der Waals surface area contributed by atoms with Gasteiger partial charge in [-0.15, -0.1) is 11.3 Å². The van der Waals surface area contributed by atoms with E-state index in [9.17, 15) is 0 Å². The second-order valence-electron chi connectivity index (χ2n) is 10.8. The summed E-state index contributed by atoms with van der Waals surface area (Å²) in [7, 11) is 4.00. The minimum Gasteiger partial charge on any atom is -0.381 e. The lowest BCUT2D eigenvalue weighted by molar-refractivity contribution is 0.0818. The summed E-state index contributed by atoms with van der Waals surface area (Å²) >= 11 is 1.65. The number of anilines is 4. The zero-order valence-corrected chi connectivity index (χ0v) is 23.4. The van der Waals surface area contributed by atoms with Crippen LogP contribution in [0.4, 0.5) is 23.4 Å². The van der Waals surface area contributed by atoms with Crippen LogP contribution >= 0.6 is 11.3 Å². The number of hydrogen-bond acceptors (Lipinski definition) is 11. The second-order valence-corrected chi connectivity index (χ2v) is 11.9. The van der Waals surface area contributed by atoms with Crippen LogP contribution in [0, 0.1) is 6.92 Å². The number of nitrogens with one attached hydrogen (secondary N) is 1. The molecule has 7 rings (SSSR count). The molecule has 10 nitrogen and oxygen atoms in total. The summed E-state index contributed by atoms with van der Waals surface area (Å²) in [6.07, 6.45) is 7.35. The van der Waals surface area contributed by atoms with E-state index in [0.29, 0.717) is 18.2 Å². The summed E-state index contributed by atoms with van der Waals surface area (Å²) in [6, 6.07) is 9.23. The molecule has 0 unspecified atom stereocenters. The third-order valence-electron chi connectivity index (χ3n) is 8.24. The Balaban J connectivity index is 1.10. The van der Waals surface area contributed by atoms with Gasteiger partial charge in [-0.25, -0.2) is 19.9 Å². The number of methoxy groups -OCH3 is 1. The Bertz CT molecular complexity index is 1500. The molecule has 4 aromatic heterocycles. The van der Waals surface area contributed by atoms with E-state index in [1.54, 1.807) is 18.4 Å². The maximum Gasteiger partial charge on any atom is 0.227 e. The first-order chi connectivity index (χ1) is 19.0. The summed E-state index contributed by atoms with van der Waals surface area (Å²) in [5.41, 5.74) is 2.93. The predicted octanol–water partition coefficient (Wildman–Crippen LogP) is 4.10. The predicted molar refractivity (Wildman–Crippen MR) is 155 cm³/mol. The zero-order chi connectivity index (χ0) is 26.5. The SMILES string of the molecule is COC1CCN(c2cc(-c3nc4cc(Nc5cc(C)nc(N6C[C@@H]7C[C@H]6CN7C)n5)ncc4s3)ccn2)CC1. The van der Waals surface area contributed by atoms with Gasteiger partial charge in [0.25, 0.3) is 0 Å². The van der Waals surface area contributed by atoms with Gasteiger partial charge in [0.05, 0.1) is 16.3 Å². The van der Waals surface area contributed by atoms with Gasteiger partial charge in [0.1, 0.15) is 22.5 Å². The average Bonchev–Trinajstić information content (AvgIpc) is 3.67. The minimum atomic E-state index is 0.346. The molecule has 4 aromatic rings. The molecule has 0 amide bonds. The third kappa shape index (κ3) is 4.79. The number of likely N-dealkylation sites (N-methyl/N-ethyl adjacent to an activating group) is 1. The van der Waals surface area contributed by atoms with Gasteiger partial charge in [-0.1, -0.05) is 0 Å². The Hall–Kier alpha value is -3.41. The minimum absolute atomic E-state index is 0.346. The standard InChI is InChI=1S/C28H33N9OS/c1-17-10-25(34-28(31-17)37-16-19-12-20(37)15-35(19)2)33-24-13-22-23(14-30-24)39-27(32-22)18-4-7-29-26(11-18)36-8-5-21(38-3)6-9-36/h4,7,10-11,13-14,19-21H,5-6,8-9,12,15-16H2,1-3H3,(H,30,31,33,34)/t19-,20-/m0/s1. The fourth-order valence-electron chi connectivity index (χ4n) is 6.06. The summed E-state index contributed by atoms with van der Waals surface area (Å²) in [5, 5.41) is 4.37. The molecule has 3 aliphatic rings. The average molecular weight is 544 g/mol. The van der Waals surface area contributed by atoms with Crippen molar-refractivity contribution in [2.75, 3.05) is 55.5 Å². The molecule has 0 aromatic carbocycles. The van der Waals surface area contributed by atoms with Crippen molar-refractivity contribution in [3.05, 3.63) is 42.4 Å². The van der Waals surface area contributed by atoms with E-state index in [4.69, 9.17) is 19.7 Å². The molecule has 3 saturated heterocycles. The van der Waals surface area contributed by atoms with E-state index < -0.39 is 0 Å². The Labute approximate surface area is 232 Å². The lowest BCUT2D eigenvalue weighted by Gasteiger charge is -2.32. The summed E-state index contributed by atoms with van der Waals surface area (Å²) < 4.78 is 6.57. The van der Waals surface area contributed by atoms with Crippen molar-refractivity contribution in [2.24, 2.45) is 0 Å². The van der Waals surface area contributed by atoms with Crippen LogP contribution < -0.4 is 15.1 Å². The molecule has 3 fully saturated rings. The topological polar surface area (TPSA) is 95.4 Å². The lowest BCUT2D eigenvalue weighted by atomic mass is 10.1. The van der Waals surface area contributed by atoms with Crippen LogP contribution in [-0.4, -0.2) is 88.3 Å². The van der Waals surface area contributed by atoms with Crippen molar-refractivity contribution in [3.63, 3.8) is 0 Å². The molecule has 202 valence electrons. The lowest BCUT2D eigenvalue weighted by Crippen LogP contribution is -2.45. The van der Waals surface area contributed by atoms with E-state index in [-0.39, 0.29) is 0 Å². The van der Waals surface area contributed by atoms with Gasteiger partial charge in [-0.2, -0.15) is 4.98 Å². The van der Waals surface area contributed by atoms with Crippen LogP contribution in [-0.2, 0) is 4.74 Å². The Morgan fingerprint density at radius 3 is 2.64 bits per heavy atom. The number of aromatic nitrogens is 5. The first kappa shape index (κ1) is 24.6. The van der Waals surface area contributed by atoms with Crippen molar-refractivity contribution >= 4 is 45.0 Å². The molecular formula is C28H33N9OS. The quantitative estimate of drug-likeness (QED) is 0.383. The van der Waals surface area contributed by atoms with Gasteiger partial charge >= 0.3 is 0 Å². The van der Waals surface area contributed by atoms with Gasteiger partial charge in [0.15, 0.2) is 0 Å². The highest BCUT2D eigenvalue weighted by Gasteiger charge is 2.42. The number of hydrogen-bond donors (Lipinski definition) is 1. The van der Waals surface area contributed by atoms with Crippen LogP contribution in [0.15, 0.2) is 36.7 Å². The first-order valence-corrected chi connectivity index (χ1v) is 14.4. The van der Waals surface area contributed by atoms with E-state index in [0.717, 1.165) is 88.9 Å². The molecule has 0 radical (unpaired) electrons. The van der Waals surface area contributed by atoms with Crippen molar-refractivity contribution < 1.29 is 4.74 Å². The molecular weight excluding hydrogens is 510 g/mol. The van der Waals surface area contributed by atoms with E-state index >= 15 is 0 Å². The highest BCUT2D eigenvalue weighted by Crippen LogP contribution is 2.34. The number of thiazole rings is 1. The number of fused-ring (bicyclic) bond motifs is 3. The van der Waals surface area contributed by atoms with Gasteiger partial charge in [0.2, 0.25) is 5.95 Å². The molecule has 0 spiro atoms. The number of nitrogens with zero attached hydrogens (tertiary/aromatic N) is 8. The van der Waals surface area contributed by atoms with Crippen LogP contribution in [0.1, 0.15) is 25.0 Å². The van der Waals surface area contributed by atoms with Gasteiger partial charge in [0, 0.05) is 81.2 Å². The van der Waals surface area contributed by atoms with Crippen LogP contribution in [0.5, 0.6) is 0 Å². The summed E-state index contributed by atoms with van der Waals surface area (Å²) in [6.45, 7) is 5.98. The maximum atomic E-state index is 5.52. The third-order valence-corrected chi connectivity index (χ3v) is 9.29. The number of aryl methyl sites for hydroxylation is 1. The monoisotopic (exact) mass is 543 g/mol. The highest BCUT2D eigenvalue weighted by atomic mass is 32.1. The number of piperidine rings is 1. The normalized spacial score (nSPS) is 21.8. The summed E-state index contributed by atoms with van der Waals surface area (Å²) in [4.78, 5) is 31.0. The van der Waals surface area contributed by atoms with Gasteiger partial charge in [-0.05, 0) is 45.4 Å². The second kappa shape index (κ2) is 9.96. The molecule has 7 heterocycles. The first-order valence-electron chi connectivity index (χ1n) is 13.6. The van der Waals surface area contributed by atoms with Crippen molar-refractivity contribution in [2.45, 2.75) is 44.4 Å². The molecule has 0 saturated carbocycles. The van der Waals surface area contributed by atoms with E-state index in [2.05, 4.69) is 43.1 Å². The largest absolute Gasteiger partial charge is 0.381 e. The van der Waals surface area contributed by atoms with Crippen LogP contribution in [0.3, 0.4) is 0 Å². The van der Waals surface area contributed by atoms with Crippen molar-refractivity contribution in [1.82, 2.24) is 29.8 Å². The van der Waals surface area contributed by atoms with E-state index in [1.165, 1.54) is 6.42 Å². The maximum absolute atomic E-state index is 5.52. The smallest absolute Gasteiger partial charge is 0.227 e. The molecule has 2 atom stereocenters. The number of likely N-dealkylation sites (tertiary alicyclic amines) is 1. The Morgan fingerprint density at radius 2 is 1.87 bits per heavy atom. The Kier molecular flexibility index (Phi) is 6.29. The molecule has 11 heteroatoms. The fraction of sp³-hybridized carbons (Fsp3) is 0.464. The fourth-order valence-corrected chi connectivity index (χ4v) is 6.97. The number of pyridine rings is 2. The molecule has 39 heavy (non-hydrogen) atoms. The molecule has 0 aliphatic carbocycles. The Morgan fingerprint density at radius 1 is 1.00 bits per heavy atom. The van der Waals surface area contributed by atoms with Crippen molar-refractivity contribution in [1.29, 1.82) is 0 Å². The molecule has 1 N–H and O–H groups in total. The zero-order valence-electron chi connectivity index (χ0n) is 22.5. The summed E-state index contributed by atoms with van der Waals surface area (Å²) in [5.74, 6) is 3.28. The number of rotatable bonds is 6. The van der Waals surface area contributed by atoms with E-state index in [1.807, 2.05) is 37.5 Å². The number of ether oxygens (including phenoxy) is 1. The molecule has 2 bridgehead atoms. The highest BCUT2D eigenvalue weighted by molar-refractivity contribution is 7.21. The van der Waals surface area contributed by atoms with Crippen molar-refractivity contribution in [3.8, 4) is 10.6 Å². The molecule has 3 aliphatic heterocycles. The van der Waals surface area contributed by atoms with Crippen LogP contribution in [0.25, 0.3) is 20.8 Å². The van der Waals surface area contributed by atoms with Gasteiger partial charge in [-0.3, -0.25) is 4.90 Å². The van der Waals surface area contributed by atoms with Gasteiger partial charge < -0.3 is 19.9 Å². The number of piperazine rings is 1.